The summed E-state index contributed by atoms with van der Waals surface area (Å²) >= 11 is 0. The summed E-state index contributed by atoms with van der Waals surface area (Å²) in [5.41, 5.74) is 1.61. The lowest BCUT2D eigenvalue weighted by molar-refractivity contribution is -0.117. The number of pyridine rings is 1. The van der Waals surface area contributed by atoms with Gasteiger partial charge in [0.05, 0.1) is 24.4 Å². The molecule has 0 fully saturated rings. The Morgan fingerprint density at radius 2 is 2.36 bits per heavy atom. The van der Waals surface area contributed by atoms with Gasteiger partial charge in [-0.1, -0.05) is 6.92 Å². The Morgan fingerprint density at radius 3 is 3.00 bits per heavy atom. The van der Waals surface area contributed by atoms with Gasteiger partial charge in [0, 0.05) is 6.07 Å². The Hall–Kier alpha value is -1.58. The number of carbonyl (C=O) groups excluding carboxylic acids is 1. The van der Waals surface area contributed by atoms with Gasteiger partial charge in [-0.3, -0.25) is 4.79 Å². The molecule has 4 heteroatoms. The first-order valence-electron chi connectivity index (χ1n) is 4.62. The zero-order chi connectivity index (χ0) is 10.1. The largest absolute Gasteiger partial charge is 0.481 e. The molecule has 1 atom stereocenters. The molecule has 1 aliphatic rings. The zero-order valence-corrected chi connectivity index (χ0v) is 8.20. The number of carbonyl (C=O) groups is 1. The van der Waals surface area contributed by atoms with Crippen LogP contribution < -0.4 is 10.1 Å². The molecule has 1 aromatic rings. The van der Waals surface area contributed by atoms with E-state index in [9.17, 15) is 4.79 Å². The minimum Gasteiger partial charge on any atom is -0.481 e. The quantitative estimate of drug-likeness (QED) is 0.773. The van der Waals surface area contributed by atoms with Gasteiger partial charge in [-0.25, -0.2) is 4.98 Å². The smallest absolute Gasteiger partial charge is 0.233 e. The standard InChI is InChI=1S/C10H12N2O2/c1-3-6-9-7(11-10(6)13)4-5-8(12-9)14-2/h4-6H,3H2,1-2H3,(H,11,13). The Kier molecular flexibility index (Phi) is 2.11. The van der Waals surface area contributed by atoms with Crippen LogP contribution in [-0.4, -0.2) is 18.0 Å². The Labute approximate surface area is 82.3 Å². The van der Waals surface area contributed by atoms with Gasteiger partial charge in [0.2, 0.25) is 11.8 Å². The number of hydrogen-bond donors (Lipinski definition) is 1. The Morgan fingerprint density at radius 1 is 1.57 bits per heavy atom. The van der Waals surface area contributed by atoms with Crippen molar-refractivity contribution in [2.24, 2.45) is 0 Å². The van der Waals surface area contributed by atoms with E-state index in [1.54, 1.807) is 13.2 Å². The van der Waals surface area contributed by atoms with E-state index in [0.29, 0.717) is 5.88 Å². The fourth-order valence-corrected chi connectivity index (χ4v) is 1.66. The van der Waals surface area contributed by atoms with Gasteiger partial charge < -0.3 is 10.1 Å². The third kappa shape index (κ3) is 1.23. The van der Waals surface area contributed by atoms with E-state index in [4.69, 9.17) is 4.74 Å². The summed E-state index contributed by atoms with van der Waals surface area (Å²) < 4.78 is 5.02. The van der Waals surface area contributed by atoms with Gasteiger partial charge >= 0.3 is 0 Å². The van der Waals surface area contributed by atoms with Crippen molar-refractivity contribution in [1.29, 1.82) is 0 Å². The number of anilines is 1. The average Bonchev–Trinajstić information content (AvgIpc) is 2.52. The summed E-state index contributed by atoms with van der Waals surface area (Å²) in [6.45, 7) is 1.97. The third-order valence-corrected chi connectivity index (χ3v) is 2.42. The maximum atomic E-state index is 11.5. The molecular formula is C10H12N2O2. The van der Waals surface area contributed by atoms with Crippen LogP contribution in [0, 0.1) is 0 Å². The maximum Gasteiger partial charge on any atom is 0.233 e. The highest BCUT2D eigenvalue weighted by atomic mass is 16.5. The molecule has 0 saturated carbocycles. The number of rotatable bonds is 2. The van der Waals surface area contributed by atoms with Crippen LogP contribution in [0.2, 0.25) is 0 Å². The molecule has 1 unspecified atom stereocenters. The Balaban J connectivity index is 2.44. The van der Waals surface area contributed by atoms with Crippen molar-refractivity contribution in [2.75, 3.05) is 12.4 Å². The minimum atomic E-state index is -0.125. The summed E-state index contributed by atoms with van der Waals surface area (Å²) in [6.07, 6.45) is 0.763. The summed E-state index contributed by atoms with van der Waals surface area (Å²) in [6, 6.07) is 3.58. The molecular weight excluding hydrogens is 180 g/mol. The molecule has 1 aliphatic heterocycles. The first kappa shape index (κ1) is 8.99. The van der Waals surface area contributed by atoms with Crippen molar-refractivity contribution in [1.82, 2.24) is 4.98 Å². The lowest BCUT2D eigenvalue weighted by Gasteiger charge is -2.04. The van der Waals surface area contributed by atoms with Crippen LogP contribution in [0.1, 0.15) is 25.0 Å². The molecule has 1 aromatic heterocycles. The summed E-state index contributed by atoms with van der Waals surface area (Å²) in [5, 5.41) is 2.79. The zero-order valence-electron chi connectivity index (χ0n) is 8.20. The van der Waals surface area contributed by atoms with Crippen LogP contribution in [0.3, 0.4) is 0 Å². The van der Waals surface area contributed by atoms with E-state index in [1.165, 1.54) is 0 Å². The topological polar surface area (TPSA) is 51.2 Å². The van der Waals surface area contributed by atoms with Gasteiger partial charge in [0.25, 0.3) is 0 Å². The second-order valence-electron chi connectivity index (χ2n) is 3.24. The normalized spacial score (nSPS) is 19.0. The van der Waals surface area contributed by atoms with Crippen LogP contribution in [-0.2, 0) is 4.79 Å². The second kappa shape index (κ2) is 3.29. The molecule has 2 heterocycles. The van der Waals surface area contributed by atoms with Gasteiger partial charge in [-0.15, -0.1) is 0 Å². The number of ether oxygens (including phenoxy) is 1. The van der Waals surface area contributed by atoms with E-state index in [2.05, 4.69) is 10.3 Å². The second-order valence-corrected chi connectivity index (χ2v) is 3.24. The van der Waals surface area contributed by atoms with Crippen molar-refractivity contribution >= 4 is 11.6 Å². The van der Waals surface area contributed by atoms with Crippen molar-refractivity contribution in [2.45, 2.75) is 19.3 Å². The number of fused-ring (bicyclic) bond motifs is 1. The van der Waals surface area contributed by atoms with Gasteiger partial charge in [0.1, 0.15) is 0 Å². The molecule has 0 aromatic carbocycles. The van der Waals surface area contributed by atoms with Crippen LogP contribution in [0.15, 0.2) is 12.1 Å². The van der Waals surface area contributed by atoms with Crippen LogP contribution in [0.5, 0.6) is 5.88 Å². The van der Waals surface area contributed by atoms with Crippen molar-refractivity contribution in [3.05, 3.63) is 17.8 Å². The number of hydrogen-bond acceptors (Lipinski definition) is 3. The molecule has 0 saturated heterocycles. The van der Waals surface area contributed by atoms with E-state index in [0.717, 1.165) is 17.8 Å². The maximum absolute atomic E-state index is 11.5. The monoisotopic (exact) mass is 192 g/mol. The highest BCUT2D eigenvalue weighted by Crippen LogP contribution is 2.33. The summed E-state index contributed by atoms with van der Waals surface area (Å²) in [7, 11) is 1.57. The molecule has 0 spiro atoms. The summed E-state index contributed by atoms with van der Waals surface area (Å²) in [5.74, 6) is 0.460. The minimum absolute atomic E-state index is 0.0308. The predicted octanol–water partition coefficient (Wildman–Crippen LogP) is 1.54. The molecule has 0 aliphatic carbocycles. The van der Waals surface area contributed by atoms with Crippen LogP contribution >= 0.6 is 0 Å². The van der Waals surface area contributed by atoms with Crippen molar-refractivity contribution in [3.8, 4) is 5.88 Å². The molecule has 1 amide bonds. The lowest BCUT2D eigenvalue weighted by Crippen LogP contribution is -2.11. The first-order valence-corrected chi connectivity index (χ1v) is 4.62. The molecule has 0 bridgehead atoms. The predicted molar refractivity (Wildman–Crippen MR) is 52.5 cm³/mol. The molecule has 2 rings (SSSR count). The van der Waals surface area contributed by atoms with E-state index in [-0.39, 0.29) is 11.8 Å². The Bertz CT molecular complexity index is 376. The highest BCUT2D eigenvalue weighted by Gasteiger charge is 2.30. The SMILES string of the molecule is CCC1C(=O)Nc2ccc(OC)nc21. The molecule has 74 valence electrons. The molecule has 4 nitrogen and oxygen atoms in total. The third-order valence-electron chi connectivity index (χ3n) is 2.42. The van der Waals surface area contributed by atoms with E-state index < -0.39 is 0 Å². The summed E-state index contributed by atoms with van der Waals surface area (Å²) in [4.78, 5) is 15.7. The fourth-order valence-electron chi connectivity index (χ4n) is 1.66. The molecule has 14 heavy (non-hydrogen) atoms. The van der Waals surface area contributed by atoms with Gasteiger partial charge in [-0.2, -0.15) is 0 Å². The van der Waals surface area contributed by atoms with Crippen LogP contribution in [0.4, 0.5) is 5.69 Å². The number of nitrogens with one attached hydrogen (secondary N) is 1. The number of amides is 1. The van der Waals surface area contributed by atoms with Gasteiger partial charge in [-0.05, 0) is 12.5 Å². The molecule has 1 N–H and O–H groups in total. The van der Waals surface area contributed by atoms with E-state index in [1.807, 2.05) is 13.0 Å². The van der Waals surface area contributed by atoms with Crippen LogP contribution in [0.25, 0.3) is 0 Å². The molecule has 0 radical (unpaired) electrons. The van der Waals surface area contributed by atoms with E-state index >= 15 is 0 Å². The lowest BCUT2D eigenvalue weighted by atomic mass is 10.0. The van der Waals surface area contributed by atoms with Gasteiger partial charge in [0.15, 0.2) is 0 Å². The number of methoxy groups -OCH3 is 1. The number of nitrogens with zero attached hydrogens (tertiary/aromatic N) is 1. The highest BCUT2D eigenvalue weighted by molar-refractivity contribution is 6.02. The van der Waals surface area contributed by atoms with Crippen molar-refractivity contribution < 1.29 is 9.53 Å². The number of aromatic nitrogens is 1. The average molecular weight is 192 g/mol. The fraction of sp³-hybridized carbons (Fsp3) is 0.400. The van der Waals surface area contributed by atoms with Crippen molar-refractivity contribution in [3.63, 3.8) is 0 Å². The first-order chi connectivity index (χ1) is 6.76.